The quantitative estimate of drug-likeness (QED) is 0.522. The van der Waals surface area contributed by atoms with Gasteiger partial charge in [0.1, 0.15) is 0 Å². The Balaban J connectivity index is 1.43. The number of rotatable bonds is 7. The largest absolute Gasteiger partial charge is 0.359 e. The van der Waals surface area contributed by atoms with Crippen LogP contribution < -0.4 is 10.7 Å². The van der Waals surface area contributed by atoms with Crippen LogP contribution in [0, 0.1) is 19.8 Å². The summed E-state index contributed by atoms with van der Waals surface area (Å²) in [4.78, 5) is 19.6. The molecule has 2 aromatic rings. The normalized spacial score (nSPS) is 18.1. The van der Waals surface area contributed by atoms with Crippen molar-refractivity contribution in [2.24, 2.45) is 11.0 Å². The molecule has 140 valence electrons. The van der Waals surface area contributed by atoms with E-state index in [9.17, 15) is 4.79 Å². The Morgan fingerprint density at radius 2 is 2.04 bits per heavy atom. The topological polar surface area (TPSA) is 82.2 Å². The van der Waals surface area contributed by atoms with Gasteiger partial charge in [0.15, 0.2) is 0 Å². The number of amides is 1. The molecule has 0 spiro atoms. The van der Waals surface area contributed by atoms with Crippen molar-refractivity contribution in [1.82, 2.24) is 20.7 Å². The van der Waals surface area contributed by atoms with Gasteiger partial charge in [-0.2, -0.15) is 5.10 Å². The average Bonchev–Trinajstić information content (AvgIpc) is 3.40. The van der Waals surface area contributed by atoms with Gasteiger partial charge in [0.25, 0.3) is 5.91 Å². The maximum Gasteiger partial charge on any atom is 0.273 e. The minimum atomic E-state index is -0.0934. The van der Waals surface area contributed by atoms with Gasteiger partial charge in [0.05, 0.1) is 11.3 Å². The third-order valence-corrected chi connectivity index (χ3v) is 5.31. The van der Waals surface area contributed by atoms with Crippen molar-refractivity contribution < 1.29 is 4.79 Å². The number of aryl methyl sites for hydroxylation is 1. The number of aromatic amines is 1. The molecule has 2 aliphatic rings. The first-order chi connectivity index (χ1) is 13.1. The van der Waals surface area contributed by atoms with Crippen molar-refractivity contribution in [3.63, 3.8) is 0 Å². The van der Waals surface area contributed by atoms with Crippen LogP contribution in [0.1, 0.15) is 40.9 Å². The molecule has 1 amide bonds. The monoisotopic (exact) mass is 363 g/mol. The van der Waals surface area contributed by atoms with Gasteiger partial charge in [0, 0.05) is 36.2 Å². The van der Waals surface area contributed by atoms with Crippen LogP contribution in [-0.2, 0) is 17.8 Å². The van der Waals surface area contributed by atoms with Crippen molar-refractivity contribution in [3.05, 3.63) is 58.2 Å². The number of hydrogen-bond donors (Lipinski definition) is 3. The molecule has 1 fully saturated rings. The highest BCUT2D eigenvalue weighted by Crippen LogP contribution is 2.35. The maximum atomic E-state index is 12.1. The van der Waals surface area contributed by atoms with E-state index in [-0.39, 0.29) is 5.91 Å². The first-order valence-electron chi connectivity index (χ1n) is 9.51. The van der Waals surface area contributed by atoms with Gasteiger partial charge in [-0.3, -0.25) is 9.78 Å². The molecule has 4 rings (SSSR count). The number of carbonyl (C=O) groups is 1. The Hall–Kier alpha value is -2.73. The van der Waals surface area contributed by atoms with E-state index in [2.05, 4.69) is 39.7 Å². The molecule has 1 aliphatic heterocycles. The highest BCUT2D eigenvalue weighted by atomic mass is 16.2. The molecule has 6 heteroatoms. The second-order valence-electron chi connectivity index (χ2n) is 7.32. The first kappa shape index (κ1) is 17.7. The lowest BCUT2D eigenvalue weighted by Gasteiger charge is -2.06. The summed E-state index contributed by atoms with van der Waals surface area (Å²) in [6, 6.07) is 4.05. The number of nitrogens with zero attached hydrogens (tertiary/aromatic N) is 2. The van der Waals surface area contributed by atoms with Crippen LogP contribution in [0.4, 0.5) is 0 Å². The summed E-state index contributed by atoms with van der Waals surface area (Å²) in [5.74, 6) is 0.354. The number of nitrogens with one attached hydrogen (secondary N) is 3. The van der Waals surface area contributed by atoms with Gasteiger partial charge in [0.2, 0.25) is 0 Å². The fourth-order valence-electron chi connectivity index (χ4n) is 3.58. The molecule has 0 radical (unpaired) electrons. The van der Waals surface area contributed by atoms with E-state index >= 15 is 0 Å². The second-order valence-corrected chi connectivity index (χ2v) is 7.32. The zero-order valence-corrected chi connectivity index (χ0v) is 15.8. The number of carbonyl (C=O) groups excluding carboxylic acids is 1. The van der Waals surface area contributed by atoms with E-state index in [1.165, 1.54) is 16.7 Å². The van der Waals surface area contributed by atoms with Crippen molar-refractivity contribution in [3.8, 4) is 0 Å². The Morgan fingerprint density at radius 1 is 1.26 bits per heavy atom. The average molecular weight is 363 g/mol. The fraction of sp³-hybridized carbons (Fsp3) is 0.381. The minimum absolute atomic E-state index is 0.0934. The highest BCUT2D eigenvalue weighted by Gasteiger charge is 2.36. The zero-order chi connectivity index (χ0) is 18.8. The molecule has 0 bridgehead atoms. The summed E-state index contributed by atoms with van der Waals surface area (Å²) in [5, 5.41) is 7.71. The highest BCUT2D eigenvalue weighted by molar-refractivity contribution is 6.28. The van der Waals surface area contributed by atoms with Crippen molar-refractivity contribution in [2.45, 2.75) is 39.7 Å². The van der Waals surface area contributed by atoms with Gasteiger partial charge in [-0.05, 0) is 74.6 Å². The van der Waals surface area contributed by atoms with Gasteiger partial charge >= 0.3 is 0 Å². The summed E-state index contributed by atoms with van der Waals surface area (Å²) in [6.07, 6.45) is 8.80. The maximum absolute atomic E-state index is 12.1. The Morgan fingerprint density at radius 3 is 2.78 bits per heavy atom. The molecule has 1 aliphatic carbocycles. The molecular formula is C21H25N5O. The van der Waals surface area contributed by atoms with Crippen LogP contribution >= 0.6 is 0 Å². The summed E-state index contributed by atoms with van der Waals surface area (Å²) in [5.41, 5.74) is 10.2. The molecule has 3 N–H and O–H groups in total. The summed E-state index contributed by atoms with van der Waals surface area (Å²) >= 11 is 0. The summed E-state index contributed by atoms with van der Waals surface area (Å²) < 4.78 is 0. The molecule has 0 unspecified atom stereocenters. The van der Waals surface area contributed by atoms with Crippen LogP contribution in [0.3, 0.4) is 0 Å². The van der Waals surface area contributed by atoms with Crippen molar-refractivity contribution in [1.29, 1.82) is 0 Å². The lowest BCUT2D eigenvalue weighted by Crippen LogP contribution is -2.17. The molecule has 0 atom stereocenters. The molecule has 0 aromatic carbocycles. The molecular weight excluding hydrogens is 338 g/mol. The summed E-state index contributed by atoms with van der Waals surface area (Å²) in [7, 11) is 0. The van der Waals surface area contributed by atoms with E-state index < -0.39 is 0 Å². The summed E-state index contributed by atoms with van der Waals surface area (Å²) in [6.45, 7) is 5.95. The van der Waals surface area contributed by atoms with Crippen molar-refractivity contribution >= 4 is 17.7 Å². The molecule has 1 saturated carbocycles. The van der Waals surface area contributed by atoms with E-state index in [1.807, 2.05) is 30.6 Å². The van der Waals surface area contributed by atoms with Crippen LogP contribution in [0.2, 0.25) is 0 Å². The smallest absolute Gasteiger partial charge is 0.273 e. The first-order valence-corrected chi connectivity index (χ1v) is 9.51. The van der Waals surface area contributed by atoms with E-state index in [4.69, 9.17) is 0 Å². The van der Waals surface area contributed by atoms with E-state index in [0.717, 1.165) is 49.5 Å². The van der Waals surface area contributed by atoms with Gasteiger partial charge in [-0.1, -0.05) is 0 Å². The fourth-order valence-corrected chi connectivity index (χ4v) is 3.58. The minimum Gasteiger partial charge on any atom is -0.359 e. The molecule has 6 nitrogen and oxygen atoms in total. The third kappa shape index (κ3) is 3.85. The van der Waals surface area contributed by atoms with Crippen LogP contribution in [0.25, 0.3) is 6.08 Å². The number of hydrogen-bond acceptors (Lipinski definition) is 4. The lowest BCUT2D eigenvalue weighted by atomic mass is 10.0. The van der Waals surface area contributed by atoms with E-state index in [0.29, 0.717) is 11.5 Å². The Labute approximate surface area is 159 Å². The Bertz CT molecular complexity index is 906. The van der Waals surface area contributed by atoms with E-state index in [1.54, 1.807) is 0 Å². The second kappa shape index (κ2) is 7.48. The molecule has 27 heavy (non-hydrogen) atoms. The number of hydrazone groups is 1. The number of H-pyrrole nitrogens is 1. The van der Waals surface area contributed by atoms with Gasteiger partial charge in [-0.25, -0.2) is 5.43 Å². The SMILES string of the molecule is Cc1[nH]c(/C=C2/C(=O)NN=C2C2CC2)c(C)c1CCNCc1ccncc1. The number of aromatic nitrogens is 2. The predicted octanol–water partition coefficient (Wildman–Crippen LogP) is 2.64. The standard InChI is InChI=1S/C21H25N5O/c1-13-17(7-10-23-12-15-5-8-22-9-6-15)14(2)24-19(13)11-18-20(16-3-4-16)25-26-21(18)27/h5-6,8-9,11,16,23-24H,3-4,7,10,12H2,1-2H3,(H,26,27)/b18-11+. The van der Waals surface area contributed by atoms with Crippen molar-refractivity contribution in [2.75, 3.05) is 6.54 Å². The van der Waals surface area contributed by atoms with Gasteiger partial charge < -0.3 is 10.3 Å². The predicted molar refractivity (Wildman–Crippen MR) is 106 cm³/mol. The molecule has 0 saturated heterocycles. The zero-order valence-electron chi connectivity index (χ0n) is 15.8. The lowest BCUT2D eigenvalue weighted by molar-refractivity contribution is -0.116. The van der Waals surface area contributed by atoms with Gasteiger partial charge in [-0.15, -0.1) is 0 Å². The molecule has 2 aromatic heterocycles. The Kier molecular flexibility index (Phi) is 4.90. The van der Waals surface area contributed by atoms with Crippen LogP contribution in [0.15, 0.2) is 35.2 Å². The molecule has 3 heterocycles. The third-order valence-electron chi connectivity index (χ3n) is 5.31. The van der Waals surface area contributed by atoms with Crippen LogP contribution in [0.5, 0.6) is 0 Å². The van der Waals surface area contributed by atoms with Crippen LogP contribution in [-0.4, -0.2) is 28.1 Å². The number of pyridine rings is 1.